The van der Waals surface area contributed by atoms with E-state index in [0.717, 1.165) is 6.42 Å². The minimum absolute atomic E-state index is 0. The Morgan fingerprint density at radius 1 is 1.35 bits per heavy atom. The molecule has 0 aliphatic carbocycles. The van der Waals surface area contributed by atoms with Crippen LogP contribution in [0, 0.1) is 11.8 Å². The number of rotatable bonds is 7. The van der Waals surface area contributed by atoms with Crippen LogP contribution in [0.5, 0.6) is 0 Å². The van der Waals surface area contributed by atoms with Gasteiger partial charge >= 0.3 is 0 Å². The summed E-state index contributed by atoms with van der Waals surface area (Å²) in [5, 5.41) is 12.4. The summed E-state index contributed by atoms with van der Waals surface area (Å²) in [4.78, 5) is 11.5. The molecule has 0 aromatic rings. The van der Waals surface area contributed by atoms with Crippen molar-refractivity contribution >= 4 is 18.3 Å². The average Bonchev–Trinajstić information content (AvgIpc) is 2.23. The van der Waals surface area contributed by atoms with Gasteiger partial charge in [-0.1, -0.05) is 34.1 Å². The minimum Gasteiger partial charge on any atom is -0.391 e. The molecule has 0 bridgehead atoms. The number of aliphatic hydroxyl groups is 1. The molecule has 0 spiro atoms. The number of amides is 1. The SMILES string of the molecule is CCC(C)C(O)CNC(=O)[C@@H](N)CC(C)C.Cl. The summed E-state index contributed by atoms with van der Waals surface area (Å²) in [6, 6.07) is -0.468. The molecule has 0 radical (unpaired) electrons. The summed E-state index contributed by atoms with van der Waals surface area (Å²) < 4.78 is 0. The van der Waals surface area contributed by atoms with E-state index < -0.39 is 12.1 Å². The number of nitrogens with two attached hydrogens (primary N) is 1. The van der Waals surface area contributed by atoms with E-state index in [9.17, 15) is 9.90 Å². The van der Waals surface area contributed by atoms with Gasteiger partial charge in [-0.2, -0.15) is 0 Å². The van der Waals surface area contributed by atoms with Gasteiger partial charge in [-0.3, -0.25) is 4.79 Å². The van der Waals surface area contributed by atoms with Gasteiger partial charge in [0.25, 0.3) is 0 Å². The van der Waals surface area contributed by atoms with Gasteiger partial charge in [0.05, 0.1) is 12.1 Å². The van der Waals surface area contributed by atoms with E-state index in [0.29, 0.717) is 18.9 Å². The highest BCUT2D eigenvalue weighted by atomic mass is 35.5. The summed E-state index contributed by atoms with van der Waals surface area (Å²) in [7, 11) is 0. The lowest BCUT2D eigenvalue weighted by Crippen LogP contribution is -2.45. The molecule has 104 valence electrons. The fourth-order valence-electron chi connectivity index (χ4n) is 1.42. The van der Waals surface area contributed by atoms with E-state index >= 15 is 0 Å². The topological polar surface area (TPSA) is 75.3 Å². The molecule has 0 rings (SSSR count). The van der Waals surface area contributed by atoms with E-state index in [1.807, 2.05) is 27.7 Å². The Kier molecular flexibility index (Phi) is 10.8. The molecule has 0 aromatic heterocycles. The van der Waals surface area contributed by atoms with Crippen LogP contribution in [-0.2, 0) is 4.79 Å². The zero-order valence-electron chi connectivity index (χ0n) is 11.3. The van der Waals surface area contributed by atoms with E-state index in [-0.39, 0.29) is 24.2 Å². The number of aliphatic hydroxyl groups excluding tert-OH is 1. The second kappa shape index (κ2) is 9.68. The standard InChI is InChI=1S/C12H26N2O2.ClH/c1-5-9(4)11(15)7-14-12(16)10(13)6-8(2)3;/h8-11,15H,5-7,13H2,1-4H3,(H,14,16);1H/t9?,10-,11?;/m0./s1. The summed E-state index contributed by atoms with van der Waals surface area (Å²) >= 11 is 0. The normalized spacial score (nSPS) is 15.9. The largest absolute Gasteiger partial charge is 0.391 e. The molecule has 0 aliphatic rings. The number of carbonyl (C=O) groups excluding carboxylic acids is 1. The summed E-state index contributed by atoms with van der Waals surface area (Å²) in [6.07, 6.45) is 1.08. The monoisotopic (exact) mass is 266 g/mol. The zero-order valence-corrected chi connectivity index (χ0v) is 12.1. The van der Waals surface area contributed by atoms with Crippen molar-refractivity contribution in [1.82, 2.24) is 5.32 Å². The second-order valence-electron chi connectivity index (χ2n) is 4.93. The van der Waals surface area contributed by atoms with Crippen molar-refractivity contribution in [2.45, 2.75) is 52.7 Å². The maximum Gasteiger partial charge on any atom is 0.237 e. The van der Waals surface area contributed by atoms with Crippen LogP contribution in [0.4, 0.5) is 0 Å². The maximum absolute atomic E-state index is 11.5. The number of nitrogens with one attached hydrogen (secondary N) is 1. The van der Waals surface area contributed by atoms with Crippen LogP contribution >= 0.6 is 12.4 Å². The second-order valence-corrected chi connectivity index (χ2v) is 4.93. The highest BCUT2D eigenvalue weighted by molar-refractivity contribution is 5.85. The first-order valence-corrected chi connectivity index (χ1v) is 6.09. The average molecular weight is 267 g/mol. The summed E-state index contributed by atoms with van der Waals surface area (Å²) in [6.45, 7) is 8.33. The number of carbonyl (C=O) groups is 1. The Labute approximate surface area is 111 Å². The predicted molar refractivity (Wildman–Crippen MR) is 73.1 cm³/mol. The third kappa shape index (κ3) is 8.41. The first-order valence-electron chi connectivity index (χ1n) is 6.09. The van der Waals surface area contributed by atoms with Crippen molar-refractivity contribution in [3.05, 3.63) is 0 Å². The van der Waals surface area contributed by atoms with E-state index in [1.165, 1.54) is 0 Å². The fraction of sp³-hybridized carbons (Fsp3) is 0.917. The van der Waals surface area contributed by atoms with Gasteiger partial charge in [-0.05, 0) is 18.3 Å². The molecule has 0 saturated heterocycles. The Morgan fingerprint density at radius 3 is 2.29 bits per heavy atom. The smallest absolute Gasteiger partial charge is 0.237 e. The molecular weight excluding hydrogens is 240 g/mol. The maximum atomic E-state index is 11.5. The Morgan fingerprint density at radius 2 is 1.88 bits per heavy atom. The van der Waals surface area contributed by atoms with Gasteiger partial charge in [-0.25, -0.2) is 0 Å². The first-order chi connectivity index (χ1) is 7.38. The summed E-state index contributed by atoms with van der Waals surface area (Å²) in [5.41, 5.74) is 5.72. The van der Waals surface area contributed by atoms with Crippen molar-refractivity contribution in [2.24, 2.45) is 17.6 Å². The lowest BCUT2D eigenvalue weighted by Gasteiger charge is -2.19. The Balaban J connectivity index is 0. The van der Waals surface area contributed by atoms with Crippen LogP contribution in [0.15, 0.2) is 0 Å². The highest BCUT2D eigenvalue weighted by Gasteiger charge is 2.17. The lowest BCUT2D eigenvalue weighted by atomic mass is 10.0. The van der Waals surface area contributed by atoms with Crippen LogP contribution in [0.25, 0.3) is 0 Å². The first kappa shape index (κ1) is 19.0. The molecule has 3 atom stereocenters. The lowest BCUT2D eigenvalue weighted by molar-refractivity contribution is -0.123. The van der Waals surface area contributed by atoms with Gasteiger partial charge in [0.15, 0.2) is 0 Å². The van der Waals surface area contributed by atoms with Crippen molar-refractivity contribution in [3.63, 3.8) is 0 Å². The molecule has 0 aliphatic heterocycles. The van der Waals surface area contributed by atoms with E-state index in [2.05, 4.69) is 5.32 Å². The van der Waals surface area contributed by atoms with Gasteiger partial charge in [0, 0.05) is 6.54 Å². The van der Waals surface area contributed by atoms with Crippen LogP contribution in [0.2, 0.25) is 0 Å². The van der Waals surface area contributed by atoms with Gasteiger partial charge in [-0.15, -0.1) is 12.4 Å². The quantitative estimate of drug-likeness (QED) is 0.650. The van der Waals surface area contributed by atoms with Gasteiger partial charge in [0.1, 0.15) is 0 Å². The fourth-order valence-corrected chi connectivity index (χ4v) is 1.42. The van der Waals surface area contributed by atoms with E-state index in [1.54, 1.807) is 0 Å². The molecule has 0 heterocycles. The molecule has 4 N–H and O–H groups in total. The molecule has 0 aromatic carbocycles. The van der Waals surface area contributed by atoms with Crippen molar-refractivity contribution < 1.29 is 9.90 Å². The van der Waals surface area contributed by atoms with Crippen molar-refractivity contribution in [3.8, 4) is 0 Å². The molecule has 0 fully saturated rings. The van der Waals surface area contributed by atoms with Gasteiger partial charge in [0.2, 0.25) is 5.91 Å². The van der Waals surface area contributed by atoms with Crippen LogP contribution < -0.4 is 11.1 Å². The van der Waals surface area contributed by atoms with Crippen LogP contribution in [0.3, 0.4) is 0 Å². The Bertz CT molecular complexity index is 213. The molecule has 1 amide bonds. The predicted octanol–water partition coefficient (Wildman–Crippen LogP) is 1.30. The third-order valence-electron chi connectivity index (χ3n) is 2.85. The zero-order chi connectivity index (χ0) is 12.7. The molecule has 4 nitrogen and oxygen atoms in total. The molecular formula is C12H27ClN2O2. The van der Waals surface area contributed by atoms with Crippen molar-refractivity contribution in [1.29, 1.82) is 0 Å². The summed E-state index contributed by atoms with van der Waals surface area (Å²) in [5.74, 6) is 0.429. The number of halogens is 1. The van der Waals surface area contributed by atoms with Gasteiger partial charge < -0.3 is 16.2 Å². The number of hydrogen-bond acceptors (Lipinski definition) is 3. The molecule has 0 saturated carbocycles. The van der Waals surface area contributed by atoms with E-state index in [4.69, 9.17) is 5.73 Å². The molecule has 17 heavy (non-hydrogen) atoms. The van der Waals surface area contributed by atoms with Crippen LogP contribution in [-0.4, -0.2) is 29.7 Å². The minimum atomic E-state index is -0.486. The Hall–Kier alpha value is -0.320. The van der Waals surface area contributed by atoms with Crippen LogP contribution in [0.1, 0.15) is 40.5 Å². The molecule has 5 heteroatoms. The molecule has 2 unspecified atom stereocenters. The highest BCUT2D eigenvalue weighted by Crippen LogP contribution is 2.06. The number of hydrogen-bond donors (Lipinski definition) is 3. The third-order valence-corrected chi connectivity index (χ3v) is 2.85. The van der Waals surface area contributed by atoms with Crippen molar-refractivity contribution in [2.75, 3.05) is 6.54 Å².